The lowest BCUT2D eigenvalue weighted by Crippen LogP contribution is -2.47. The topological polar surface area (TPSA) is 43.9 Å². The molecule has 5 heteroatoms. The van der Waals surface area contributed by atoms with Crippen LogP contribution >= 0.6 is 0 Å². The number of likely N-dealkylation sites (N-methyl/N-ethyl adjacent to an activating group) is 1. The Balaban J connectivity index is 1.73. The molecule has 2 aromatic rings. The van der Waals surface area contributed by atoms with E-state index in [0.29, 0.717) is 24.2 Å². The summed E-state index contributed by atoms with van der Waals surface area (Å²) in [5.41, 5.74) is 2.24. The molecule has 1 saturated heterocycles. The summed E-state index contributed by atoms with van der Waals surface area (Å²) in [5, 5.41) is 0. The zero-order chi connectivity index (χ0) is 19.2. The van der Waals surface area contributed by atoms with Gasteiger partial charge in [-0.1, -0.05) is 36.4 Å². The smallest absolute Gasteiger partial charge is 0.254 e. The van der Waals surface area contributed by atoms with Gasteiger partial charge >= 0.3 is 0 Å². The molecule has 27 heavy (non-hydrogen) atoms. The first-order valence-corrected chi connectivity index (χ1v) is 9.49. The molecule has 0 atom stereocenters. The molecule has 0 N–H and O–H groups in total. The molecule has 0 aliphatic carbocycles. The van der Waals surface area contributed by atoms with Crippen molar-refractivity contribution in [2.45, 2.75) is 13.5 Å². The Morgan fingerprint density at radius 1 is 0.926 bits per heavy atom. The monoisotopic (exact) mass is 365 g/mol. The van der Waals surface area contributed by atoms with E-state index in [1.807, 2.05) is 42.2 Å². The molecule has 3 rings (SSSR count). The van der Waals surface area contributed by atoms with Crippen LogP contribution in [0.5, 0.6) is 0 Å². The molecule has 0 unspecified atom stereocenters. The molecule has 142 valence electrons. The lowest BCUT2D eigenvalue weighted by atomic mass is 10.1. The third kappa shape index (κ3) is 4.74. The number of carbonyl (C=O) groups is 2. The minimum absolute atomic E-state index is 0.00357. The van der Waals surface area contributed by atoms with Crippen LogP contribution in [-0.2, 0) is 6.54 Å². The molecule has 1 fully saturated rings. The fraction of sp³-hybridized carbons (Fsp3) is 0.364. The predicted octanol–water partition coefficient (Wildman–Crippen LogP) is 2.74. The van der Waals surface area contributed by atoms with Crippen LogP contribution in [0.1, 0.15) is 33.2 Å². The maximum Gasteiger partial charge on any atom is 0.254 e. The number of piperazine rings is 1. The van der Waals surface area contributed by atoms with Gasteiger partial charge in [-0.2, -0.15) is 0 Å². The quantitative estimate of drug-likeness (QED) is 0.818. The Hall–Kier alpha value is -2.66. The van der Waals surface area contributed by atoms with Gasteiger partial charge in [-0.15, -0.1) is 0 Å². The molecule has 0 bridgehead atoms. The van der Waals surface area contributed by atoms with Crippen molar-refractivity contribution in [1.29, 1.82) is 0 Å². The largest absolute Gasteiger partial charge is 0.336 e. The third-order valence-electron chi connectivity index (χ3n) is 5.03. The summed E-state index contributed by atoms with van der Waals surface area (Å²) in [6.45, 7) is 6.36. The highest BCUT2D eigenvalue weighted by molar-refractivity contribution is 5.99. The van der Waals surface area contributed by atoms with E-state index in [9.17, 15) is 9.59 Å². The van der Waals surface area contributed by atoms with Crippen LogP contribution in [0.25, 0.3) is 0 Å². The van der Waals surface area contributed by atoms with E-state index in [1.54, 1.807) is 29.2 Å². The molecular weight excluding hydrogens is 338 g/mol. The average molecular weight is 365 g/mol. The molecule has 0 saturated carbocycles. The number of hydrogen-bond donors (Lipinski definition) is 0. The van der Waals surface area contributed by atoms with Crippen LogP contribution in [-0.4, -0.2) is 66.3 Å². The fourth-order valence-corrected chi connectivity index (χ4v) is 3.29. The van der Waals surface area contributed by atoms with Crippen molar-refractivity contribution in [3.8, 4) is 0 Å². The van der Waals surface area contributed by atoms with Crippen LogP contribution < -0.4 is 0 Å². The van der Waals surface area contributed by atoms with Crippen LogP contribution in [0, 0.1) is 0 Å². The molecule has 0 spiro atoms. The van der Waals surface area contributed by atoms with E-state index in [1.165, 1.54) is 0 Å². The second-order valence-electron chi connectivity index (χ2n) is 6.98. The maximum absolute atomic E-state index is 13.0. The minimum Gasteiger partial charge on any atom is -0.336 e. The SMILES string of the molecule is CCN(Cc1ccccc1)C(=O)c1cccc(C(=O)N2CCN(C)CC2)c1. The lowest BCUT2D eigenvalue weighted by Gasteiger charge is -2.32. The van der Waals surface area contributed by atoms with Crippen molar-refractivity contribution in [2.24, 2.45) is 0 Å². The highest BCUT2D eigenvalue weighted by Gasteiger charge is 2.22. The van der Waals surface area contributed by atoms with Gasteiger partial charge in [0, 0.05) is 50.4 Å². The van der Waals surface area contributed by atoms with E-state index < -0.39 is 0 Å². The van der Waals surface area contributed by atoms with E-state index in [2.05, 4.69) is 11.9 Å². The van der Waals surface area contributed by atoms with E-state index in [-0.39, 0.29) is 11.8 Å². The first kappa shape index (κ1) is 19.1. The van der Waals surface area contributed by atoms with Crippen LogP contribution in [0.15, 0.2) is 54.6 Å². The summed E-state index contributed by atoms with van der Waals surface area (Å²) in [6.07, 6.45) is 0. The van der Waals surface area contributed by atoms with Crippen molar-refractivity contribution < 1.29 is 9.59 Å². The number of hydrogen-bond acceptors (Lipinski definition) is 3. The van der Waals surface area contributed by atoms with Crippen molar-refractivity contribution in [1.82, 2.24) is 14.7 Å². The number of carbonyl (C=O) groups excluding carboxylic acids is 2. The Morgan fingerprint density at radius 3 is 2.26 bits per heavy atom. The van der Waals surface area contributed by atoms with Crippen LogP contribution in [0.4, 0.5) is 0 Å². The summed E-state index contributed by atoms with van der Waals surface area (Å²) in [5.74, 6) is -0.0433. The molecule has 0 aromatic heterocycles. The summed E-state index contributed by atoms with van der Waals surface area (Å²) >= 11 is 0. The summed E-state index contributed by atoms with van der Waals surface area (Å²) < 4.78 is 0. The van der Waals surface area contributed by atoms with Gasteiger partial charge in [0.1, 0.15) is 0 Å². The highest BCUT2D eigenvalue weighted by Crippen LogP contribution is 2.14. The van der Waals surface area contributed by atoms with E-state index in [0.717, 1.165) is 31.7 Å². The number of amides is 2. The standard InChI is InChI=1S/C22H27N3O2/c1-3-24(17-18-8-5-4-6-9-18)21(26)19-10-7-11-20(16-19)22(27)25-14-12-23(2)13-15-25/h4-11,16H,3,12-15,17H2,1-2H3. The molecule has 1 aliphatic heterocycles. The van der Waals surface area contributed by atoms with Crippen molar-refractivity contribution in [2.75, 3.05) is 39.8 Å². The maximum atomic E-state index is 13.0. The Morgan fingerprint density at radius 2 is 1.59 bits per heavy atom. The molecule has 2 amide bonds. The van der Waals surface area contributed by atoms with Gasteiger partial charge in [-0.3, -0.25) is 9.59 Å². The van der Waals surface area contributed by atoms with E-state index in [4.69, 9.17) is 0 Å². The molecular formula is C22H27N3O2. The molecule has 1 heterocycles. The van der Waals surface area contributed by atoms with Crippen LogP contribution in [0.2, 0.25) is 0 Å². The van der Waals surface area contributed by atoms with Gasteiger partial charge in [-0.05, 0) is 37.7 Å². The summed E-state index contributed by atoms with van der Waals surface area (Å²) in [7, 11) is 2.06. The Kier molecular flexibility index (Phi) is 6.24. The van der Waals surface area contributed by atoms with Crippen molar-refractivity contribution in [3.63, 3.8) is 0 Å². The molecule has 1 aliphatic rings. The second-order valence-corrected chi connectivity index (χ2v) is 6.98. The van der Waals surface area contributed by atoms with Gasteiger partial charge < -0.3 is 14.7 Å². The number of benzene rings is 2. The lowest BCUT2D eigenvalue weighted by molar-refractivity contribution is 0.0664. The van der Waals surface area contributed by atoms with Gasteiger partial charge in [0.15, 0.2) is 0 Å². The van der Waals surface area contributed by atoms with E-state index >= 15 is 0 Å². The third-order valence-corrected chi connectivity index (χ3v) is 5.03. The van der Waals surface area contributed by atoms with Crippen molar-refractivity contribution in [3.05, 3.63) is 71.3 Å². The van der Waals surface area contributed by atoms with Gasteiger partial charge in [0.2, 0.25) is 0 Å². The van der Waals surface area contributed by atoms with Gasteiger partial charge in [0.05, 0.1) is 0 Å². The Labute approximate surface area is 161 Å². The number of rotatable bonds is 5. The van der Waals surface area contributed by atoms with Crippen molar-refractivity contribution >= 4 is 11.8 Å². The zero-order valence-corrected chi connectivity index (χ0v) is 16.1. The normalized spacial score (nSPS) is 14.8. The summed E-state index contributed by atoms with van der Waals surface area (Å²) in [4.78, 5) is 31.6. The second kappa shape index (κ2) is 8.82. The van der Waals surface area contributed by atoms with Gasteiger partial charge in [0.25, 0.3) is 11.8 Å². The Bertz CT molecular complexity index is 783. The predicted molar refractivity (Wildman–Crippen MR) is 107 cm³/mol. The molecule has 2 aromatic carbocycles. The molecule has 5 nitrogen and oxygen atoms in total. The van der Waals surface area contributed by atoms with Crippen LogP contribution in [0.3, 0.4) is 0 Å². The minimum atomic E-state index is -0.0469. The first-order valence-electron chi connectivity index (χ1n) is 9.49. The fourth-order valence-electron chi connectivity index (χ4n) is 3.29. The van der Waals surface area contributed by atoms with Gasteiger partial charge in [-0.25, -0.2) is 0 Å². The number of nitrogens with zero attached hydrogens (tertiary/aromatic N) is 3. The highest BCUT2D eigenvalue weighted by atomic mass is 16.2. The first-order chi connectivity index (χ1) is 13.1. The zero-order valence-electron chi connectivity index (χ0n) is 16.1. The molecule has 0 radical (unpaired) electrons. The summed E-state index contributed by atoms with van der Waals surface area (Å²) in [6, 6.07) is 17.1. The average Bonchev–Trinajstić information content (AvgIpc) is 2.72.